The van der Waals surface area contributed by atoms with Crippen LogP contribution in [0.4, 0.5) is 13.2 Å². The lowest BCUT2D eigenvalue weighted by atomic mass is 10.1. The predicted molar refractivity (Wildman–Crippen MR) is 70.6 cm³/mol. The predicted octanol–water partition coefficient (Wildman–Crippen LogP) is 4.52. The van der Waals surface area contributed by atoms with E-state index in [1.165, 1.54) is 18.2 Å². The van der Waals surface area contributed by atoms with E-state index in [9.17, 15) is 13.2 Å². The Morgan fingerprint density at radius 2 is 1.50 bits per heavy atom. The van der Waals surface area contributed by atoms with Gasteiger partial charge in [0.2, 0.25) is 0 Å². The fourth-order valence-corrected chi connectivity index (χ4v) is 1.86. The van der Waals surface area contributed by atoms with Crippen molar-refractivity contribution >= 4 is 0 Å². The standard InChI is InChI=1S/C15H14F3NO/c1-10(19)11-6-2-4-8-13(11)20-14-9-5-3-7-12(14)15(16,17)18/h2-10H,19H2,1H3/t10-/m1/s1. The molecule has 5 heteroatoms. The largest absolute Gasteiger partial charge is 0.456 e. The number of rotatable bonds is 3. The highest BCUT2D eigenvalue weighted by Crippen LogP contribution is 2.39. The Morgan fingerprint density at radius 1 is 0.950 bits per heavy atom. The summed E-state index contributed by atoms with van der Waals surface area (Å²) in [5.74, 6) is 0.104. The van der Waals surface area contributed by atoms with Crippen molar-refractivity contribution in [2.24, 2.45) is 5.73 Å². The highest BCUT2D eigenvalue weighted by Gasteiger charge is 2.34. The third kappa shape index (κ3) is 3.11. The van der Waals surface area contributed by atoms with Crippen molar-refractivity contribution < 1.29 is 17.9 Å². The number of hydrogen-bond donors (Lipinski definition) is 1. The van der Waals surface area contributed by atoms with E-state index < -0.39 is 11.7 Å². The molecule has 2 nitrogen and oxygen atoms in total. The van der Waals surface area contributed by atoms with Crippen molar-refractivity contribution in [1.82, 2.24) is 0 Å². The van der Waals surface area contributed by atoms with E-state index in [1.807, 2.05) is 0 Å². The maximum atomic E-state index is 12.9. The Labute approximate surface area is 115 Å². The molecule has 0 aliphatic carbocycles. The average molecular weight is 281 g/mol. The monoisotopic (exact) mass is 281 g/mol. The van der Waals surface area contributed by atoms with Crippen LogP contribution in [0.15, 0.2) is 48.5 Å². The fourth-order valence-electron chi connectivity index (χ4n) is 1.86. The molecule has 0 heterocycles. The highest BCUT2D eigenvalue weighted by atomic mass is 19.4. The summed E-state index contributed by atoms with van der Waals surface area (Å²) < 4.78 is 44.1. The van der Waals surface area contributed by atoms with Crippen LogP contribution < -0.4 is 10.5 Å². The summed E-state index contributed by atoms with van der Waals surface area (Å²) >= 11 is 0. The summed E-state index contributed by atoms with van der Waals surface area (Å²) in [7, 11) is 0. The molecule has 2 aromatic carbocycles. The van der Waals surface area contributed by atoms with Gasteiger partial charge in [0.1, 0.15) is 11.5 Å². The van der Waals surface area contributed by atoms with Gasteiger partial charge in [-0.3, -0.25) is 0 Å². The van der Waals surface area contributed by atoms with Crippen LogP contribution in [0.5, 0.6) is 11.5 Å². The molecule has 0 radical (unpaired) electrons. The summed E-state index contributed by atoms with van der Waals surface area (Å²) in [5, 5.41) is 0. The summed E-state index contributed by atoms with van der Waals surface area (Å²) in [5.41, 5.74) is 5.64. The fraction of sp³-hybridized carbons (Fsp3) is 0.200. The summed E-state index contributed by atoms with van der Waals surface area (Å²) in [4.78, 5) is 0. The van der Waals surface area contributed by atoms with Gasteiger partial charge in [-0.25, -0.2) is 0 Å². The summed E-state index contributed by atoms with van der Waals surface area (Å²) in [6.45, 7) is 1.75. The molecule has 0 bridgehead atoms. The van der Waals surface area contributed by atoms with E-state index in [0.29, 0.717) is 11.3 Å². The normalized spacial score (nSPS) is 13.1. The second-order valence-corrected chi connectivity index (χ2v) is 4.42. The van der Waals surface area contributed by atoms with Crippen molar-refractivity contribution in [3.05, 3.63) is 59.7 Å². The van der Waals surface area contributed by atoms with Gasteiger partial charge in [-0.15, -0.1) is 0 Å². The molecule has 2 aromatic rings. The van der Waals surface area contributed by atoms with Crippen LogP contribution in [0.25, 0.3) is 0 Å². The third-order valence-corrected chi connectivity index (χ3v) is 2.82. The lowest BCUT2D eigenvalue weighted by Crippen LogP contribution is -2.09. The maximum absolute atomic E-state index is 12.9. The first-order valence-electron chi connectivity index (χ1n) is 6.08. The molecule has 2 N–H and O–H groups in total. The molecule has 0 aliphatic heterocycles. The molecule has 0 saturated heterocycles. The number of para-hydroxylation sites is 2. The molecular weight excluding hydrogens is 267 g/mol. The maximum Gasteiger partial charge on any atom is 0.419 e. The first-order valence-corrected chi connectivity index (χ1v) is 6.08. The van der Waals surface area contributed by atoms with E-state index >= 15 is 0 Å². The van der Waals surface area contributed by atoms with Gasteiger partial charge in [0, 0.05) is 11.6 Å². The molecule has 0 spiro atoms. The Balaban J connectivity index is 2.41. The van der Waals surface area contributed by atoms with Crippen LogP contribution in [-0.2, 0) is 6.18 Å². The molecule has 0 unspecified atom stereocenters. The first kappa shape index (κ1) is 14.4. The molecule has 0 amide bonds. The highest BCUT2D eigenvalue weighted by molar-refractivity contribution is 5.43. The smallest absolute Gasteiger partial charge is 0.419 e. The van der Waals surface area contributed by atoms with E-state index in [-0.39, 0.29) is 11.8 Å². The Kier molecular flexibility index (Phi) is 3.99. The number of halogens is 3. The van der Waals surface area contributed by atoms with Gasteiger partial charge < -0.3 is 10.5 Å². The van der Waals surface area contributed by atoms with E-state index in [1.54, 1.807) is 31.2 Å². The topological polar surface area (TPSA) is 35.2 Å². The van der Waals surface area contributed by atoms with Crippen LogP contribution in [0.1, 0.15) is 24.1 Å². The summed E-state index contributed by atoms with van der Waals surface area (Å²) in [6, 6.07) is 11.6. The van der Waals surface area contributed by atoms with E-state index in [2.05, 4.69) is 0 Å². The minimum absolute atomic E-state index is 0.229. The molecule has 0 saturated carbocycles. The second kappa shape index (κ2) is 5.54. The minimum atomic E-state index is -4.46. The molecule has 106 valence electrons. The minimum Gasteiger partial charge on any atom is -0.456 e. The number of ether oxygens (including phenoxy) is 1. The lowest BCUT2D eigenvalue weighted by molar-refractivity contribution is -0.138. The van der Waals surface area contributed by atoms with Crippen molar-refractivity contribution in [2.75, 3.05) is 0 Å². The molecule has 0 fully saturated rings. The van der Waals surface area contributed by atoms with Crippen LogP contribution in [0, 0.1) is 0 Å². The number of alkyl halides is 3. The van der Waals surface area contributed by atoms with Gasteiger partial charge >= 0.3 is 6.18 Å². The van der Waals surface area contributed by atoms with Crippen LogP contribution in [-0.4, -0.2) is 0 Å². The molecule has 0 aliphatic rings. The number of benzene rings is 2. The Bertz CT molecular complexity index is 594. The molecular formula is C15H14F3NO. The third-order valence-electron chi connectivity index (χ3n) is 2.82. The van der Waals surface area contributed by atoms with Crippen molar-refractivity contribution in [2.45, 2.75) is 19.1 Å². The van der Waals surface area contributed by atoms with Gasteiger partial charge in [-0.2, -0.15) is 13.2 Å². The van der Waals surface area contributed by atoms with E-state index in [0.717, 1.165) is 6.07 Å². The average Bonchev–Trinajstić information content (AvgIpc) is 2.38. The zero-order chi connectivity index (χ0) is 14.8. The zero-order valence-corrected chi connectivity index (χ0v) is 10.8. The van der Waals surface area contributed by atoms with E-state index in [4.69, 9.17) is 10.5 Å². The van der Waals surface area contributed by atoms with Crippen LogP contribution >= 0.6 is 0 Å². The second-order valence-electron chi connectivity index (χ2n) is 4.42. The van der Waals surface area contributed by atoms with Gasteiger partial charge in [0.25, 0.3) is 0 Å². The molecule has 1 atom stereocenters. The zero-order valence-electron chi connectivity index (χ0n) is 10.8. The van der Waals surface area contributed by atoms with Crippen molar-refractivity contribution in [3.63, 3.8) is 0 Å². The molecule has 20 heavy (non-hydrogen) atoms. The SMILES string of the molecule is C[C@@H](N)c1ccccc1Oc1ccccc1C(F)(F)F. The molecule has 0 aromatic heterocycles. The van der Waals surface area contributed by atoms with Crippen LogP contribution in [0.2, 0.25) is 0 Å². The number of nitrogens with two attached hydrogens (primary N) is 1. The molecule has 2 rings (SSSR count). The van der Waals surface area contributed by atoms with Gasteiger partial charge in [-0.1, -0.05) is 30.3 Å². The number of hydrogen-bond acceptors (Lipinski definition) is 2. The van der Waals surface area contributed by atoms with Crippen LogP contribution in [0.3, 0.4) is 0 Å². The summed E-state index contributed by atoms with van der Waals surface area (Å²) in [6.07, 6.45) is -4.46. The first-order chi connectivity index (χ1) is 9.39. The van der Waals surface area contributed by atoms with Crippen molar-refractivity contribution in [1.29, 1.82) is 0 Å². The Morgan fingerprint density at radius 3 is 2.10 bits per heavy atom. The lowest BCUT2D eigenvalue weighted by Gasteiger charge is -2.16. The van der Waals surface area contributed by atoms with Gasteiger partial charge in [0.15, 0.2) is 0 Å². The van der Waals surface area contributed by atoms with Crippen molar-refractivity contribution in [3.8, 4) is 11.5 Å². The Hall–Kier alpha value is -2.01. The quantitative estimate of drug-likeness (QED) is 0.897. The van der Waals surface area contributed by atoms with Gasteiger partial charge in [-0.05, 0) is 25.1 Å². The van der Waals surface area contributed by atoms with Gasteiger partial charge in [0.05, 0.1) is 5.56 Å².